The number of nitro benzene ring substituents is 1. The van der Waals surface area contributed by atoms with Crippen LogP contribution in [0.25, 0.3) is 0 Å². The maximum atomic E-state index is 11.6. The quantitative estimate of drug-likeness (QED) is 0.141. The highest BCUT2D eigenvalue weighted by Crippen LogP contribution is 2.40. The van der Waals surface area contributed by atoms with E-state index in [9.17, 15) is 68.9 Å². The number of Topliss-reactive ketones (excluding diaryl/α,β-unsaturated/α-hetero) is 8. The second kappa shape index (κ2) is 25.1. The van der Waals surface area contributed by atoms with Crippen LogP contribution in [0.3, 0.4) is 0 Å². The summed E-state index contributed by atoms with van der Waals surface area (Å²) in [6.45, 7) is 15.8. The number of benzene rings is 1. The predicted octanol–water partition coefficient (Wildman–Crippen LogP) is 5.12. The number of allylic oxidation sites excluding steroid dienone is 6. The number of hydrogen-bond donors (Lipinski definition) is 4. The largest absolute Gasteiger partial charge is 0.469 e. The Kier molecular flexibility index (Phi) is 20.4. The molecule has 1 fully saturated rings. The minimum atomic E-state index is -2.07. The average Bonchev–Trinajstić information content (AvgIpc) is 4.03. The zero-order valence-corrected chi connectivity index (χ0v) is 44.9. The second-order valence-corrected chi connectivity index (χ2v) is 19.6. The molecule has 0 amide bonds. The third-order valence-corrected chi connectivity index (χ3v) is 13.1. The Morgan fingerprint density at radius 1 is 0.610 bits per heavy atom. The number of furan rings is 1. The molecule has 420 valence electrons. The standard InChI is InChI=1S/C15H15NO6.C14H20O6.C13H14O5.C12H18O5/c1-9(17)14-7-12(8-15(19,22-14)10(2)18)11-3-5-13(6-4-11)16(20)21;1-8(15)11-5-10(6-14(17,20-11)9(2)16)12-7-18-13(3,4)19-12;1-8(14)12-6-10(11-4-3-5-17-11)7-13(16,18-12)9(2)15;1-7(13)11-5-10(8(2)16-4)6-12(15,17-11)9(3)14/h3-7,12,19H,8H2,1-2H3;5,10,12,17H,6-7H2,1-4H3;3-6,10,16H,7H2,1-2H3;5,8,10,15H,6H2,1-4H3. The lowest BCUT2D eigenvalue weighted by Crippen LogP contribution is -2.47. The predicted molar refractivity (Wildman–Crippen MR) is 266 cm³/mol. The molecule has 5 aliphatic heterocycles. The van der Waals surface area contributed by atoms with Gasteiger partial charge in [-0.15, -0.1) is 0 Å². The van der Waals surface area contributed by atoms with Crippen LogP contribution >= 0.6 is 0 Å². The summed E-state index contributed by atoms with van der Waals surface area (Å²) in [5.74, 6) is -13.1. The summed E-state index contributed by atoms with van der Waals surface area (Å²) < 4.78 is 42.1. The van der Waals surface area contributed by atoms with E-state index in [0.29, 0.717) is 17.9 Å². The van der Waals surface area contributed by atoms with E-state index < -0.39 is 68.7 Å². The molecule has 1 aromatic carbocycles. The van der Waals surface area contributed by atoms with E-state index in [2.05, 4.69) is 0 Å². The first-order valence-corrected chi connectivity index (χ1v) is 24.3. The Morgan fingerprint density at radius 3 is 1.42 bits per heavy atom. The molecule has 0 bridgehead atoms. The Labute approximate surface area is 443 Å². The molecule has 23 nitrogen and oxygen atoms in total. The Hall–Kier alpha value is -6.86. The van der Waals surface area contributed by atoms with E-state index in [1.165, 1.54) is 99.1 Å². The molecule has 7 rings (SSSR count). The lowest BCUT2D eigenvalue weighted by Gasteiger charge is -2.35. The van der Waals surface area contributed by atoms with Gasteiger partial charge in [-0.3, -0.25) is 48.5 Å². The van der Waals surface area contributed by atoms with Crippen molar-refractivity contribution in [3.05, 3.63) is 111 Å². The van der Waals surface area contributed by atoms with E-state index in [1.54, 1.807) is 44.2 Å². The van der Waals surface area contributed by atoms with Crippen molar-refractivity contribution in [2.75, 3.05) is 13.7 Å². The highest BCUT2D eigenvalue weighted by molar-refractivity contribution is 5.95. The first-order chi connectivity index (χ1) is 35.6. The fourth-order valence-electron chi connectivity index (χ4n) is 8.26. The molecular weight excluding hydrogens is 1010 g/mol. The minimum absolute atomic E-state index is 0.00717. The first kappa shape index (κ1) is 62.7. The van der Waals surface area contributed by atoms with Crippen LogP contribution in [-0.4, -0.2) is 126 Å². The number of aliphatic hydroxyl groups is 4. The van der Waals surface area contributed by atoms with Crippen molar-refractivity contribution < 1.29 is 101 Å². The number of ketones is 8. The fourth-order valence-corrected chi connectivity index (χ4v) is 8.26. The van der Waals surface area contributed by atoms with Gasteiger partial charge in [0.15, 0.2) is 52.0 Å². The molecule has 0 aliphatic carbocycles. The average molecular weight is 1080 g/mol. The second-order valence-electron chi connectivity index (χ2n) is 19.6. The van der Waals surface area contributed by atoms with Crippen molar-refractivity contribution in [2.45, 2.75) is 155 Å². The molecule has 5 aliphatic rings. The number of carbonyl (C=O) groups excluding carboxylic acids is 8. The van der Waals surface area contributed by atoms with Gasteiger partial charge in [-0.2, -0.15) is 0 Å². The molecule has 10 atom stereocenters. The van der Waals surface area contributed by atoms with Crippen LogP contribution in [0.1, 0.15) is 125 Å². The van der Waals surface area contributed by atoms with Crippen LogP contribution < -0.4 is 0 Å². The molecule has 0 spiro atoms. The van der Waals surface area contributed by atoms with Crippen molar-refractivity contribution in [3.63, 3.8) is 0 Å². The van der Waals surface area contributed by atoms with Crippen molar-refractivity contribution in [1.29, 1.82) is 0 Å². The number of carbonyl (C=O) groups is 8. The van der Waals surface area contributed by atoms with Gasteiger partial charge in [0.1, 0.15) is 5.76 Å². The molecule has 2 aromatic rings. The van der Waals surface area contributed by atoms with Gasteiger partial charge in [0.05, 0.1) is 30.0 Å². The van der Waals surface area contributed by atoms with E-state index in [4.69, 9.17) is 37.6 Å². The number of nitro groups is 1. The molecule has 1 aromatic heterocycles. The molecule has 0 saturated carbocycles. The topological polar surface area (TPSA) is 338 Å². The smallest absolute Gasteiger partial charge is 0.269 e. The summed E-state index contributed by atoms with van der Waals surface area (Å²) in [5, 5.41) is 51.4. The summed E-state index contributed by atoms with van der Waals surface area (Å²) in [7, 11) is 1.54. The van der Waals surface area contributed by atoms with Crippen molar-refractivity contribution in [3.8, 4) is 0 Å². The van der Waals surface area contributed by atoms with Crippen molar-refractivity contribution in [2.24, 2.45) is 11.8 Å². The highest BCUT2D eigenvalue weighted by Gasteiger charge is 2.49. The van der Waals surface area contributed by atoms with E-state index in [0.717, 1.165) is 0 Å². The van der Waals surface area contributed by atoms with Gasteiger partial charge < -0.3 is 58.0 Å². The molecular formula is C54H67NO22. The molecule has 77 heavy (non-hydrogen) atoms. The van der Waals surface area contributed by atoms with Crippen LogP contribution in [0.2, 0.25) is 0 Å². The monoisotopic (exact) mass is 1080 g/mol. The fraction of sp³-hybridized carbons (Fsp3) is 0.519. The van der Waals surface area contributed by atoms with Gasteiger partial charge in [0.25, 0.3) is 28.8 Å². The molecule has 1 saturated heterocycles. The highest BCUT2D eigenvalue weighted by atomic mass is 16.7. The van der Waals surface area contributed by atoms with Crippen LogP contribution in [-0.2, 0) is 71.5 Å². The van der Waals surface area contributed by atoms with Gasteiger partial charge in [0.2, 0.25) is 23.1 Å². The number of non-ortho nitro benzene ring substituents is 1. The molecule has 4 N–H and O–H groups in total. The number of rotatable bonds is 14. The van der Waals surface area contributed by atoms with Gasteiger partial charge in [-0.1, -0.05) is 12.1 Å². The lowest BCUT2D eigenvalue weighted by atomic mass is 9.87. The number of nitrogens with zero attached hydrogens (tertiary/aromatic N) is 1. The van der Waals surface area contributed by atoms with Gasteiger partial charge in [-0.25, -0.2) is 0 Å². The summed E-state index contributed by atoms with van der Waals surface area (Å²) in [5.41, 5.74) is 0.584. The van der Waals surface area contributed by atoms with E-state index in [-0.39, 0.29) is 102 Å². The Morgan fingerprint density at radius 2 is 1.03 bits per heavy atom. The van der Waals surface area contributed by atoms with Gasteiger partial charge in [0, 0.05) is 124 Å². The Bertz CT molecular complexity index is 2720. The maximum absolute atomic E-state index is 11.6. The lowest BCUT2D eigenvalue weighted by molar-refractivity contribution is -0.384. The van der Waals surface area contributed by atoms with Crippen LogP contribution in [0.4, 0.5) is 5.69 Å². The minimum Gasteiger partial charge on any atom is -0.469 e. The number of ether oxygens (including phenoxy) is 7. The third-order valence-electron chi connectivity index (χ3n) is 13.1. The summed E-state index contributed by atoms with van der Waals surface area (Å²) >= 11 is 0. The van der Waals surface area contributed by atoms with Crippen LogP contribution in [0.15, 0.2) is 94.4 Å². The molecule has 10 unspecified atom stereocenters. The van der Waals surface area contributed by atoms with Crippen LogP contribution in [0.5, 0.6) is 0 Å². The molecule has 23 heteroatoms. The summed E-state index contributed by atoms with van der Waals surface area (Å²) in [6.07, 6.45) is 7.37. The number of methoxy groups -OCH3 is 1. The zero-order valence-electron chi connectivity index (χ0n) is 44.9. The SMILES string of the molecule is CC(=O)C1=CC(C2COC(C)(C)O2)CC(O)(C(C)=O)O1.CC(=O)C1=CC(c2ccc([N+](=O)[O-])cc2)CC(O)(C(C)=O)O1.CC(=O)C1=CC(c2ccco2)CC(O)(C(C)=O)O1.COC(C)C1C=C(C(C)=O)OC(O)(C(C)=O)C1. The van der Waals surface area contributed by atoms with Gasteiger partial charge >= 0.3 is 0 Å². The van der Waals surface area contributed by atoms with Crippen LogP contribution in [0, 0.1) is 22.0 Å². The van der Waals surface area contributed by atoms with Gasteiger partial charge in [-0.05, 0) is 62.8 Å². The molecule has 0 radical (unpaired) electrons. The maximum Gasteiger partial charge on any atom is 0.269 e. The van der Waals surface area contributed by atoms with Crippen molar-refractivity contribution >= 4 is 52.0 Å². The van der Waals surface area contributed by atoms with E-state index >= 15 is 0 Å². The van der Waals surface area contributed by atoms with E-state index in [1.807, 2.05) is 6.92 Å². The number of hydrogen-bond acceptors (Lipinski definition) is 22. The first-order valence-electron chi connectivity index (χ1n) is 24.3. The Balaban J connectivity index is 0.000000223. The normalized spacial score (nSPS) is 29.3. The molecule has 6 heterocycles. The summed E-state index contributed by atoms with van der Waals surface area (Å²) in [4.78, 5) is 102. The zero-order chi connectivity index (χ0) is 58.2. The van der Waals surface area contributed by atoms with Crippen molar-refractivity contribution in [1.82, 2.24) is 0 Å². The summed E-state index contributed by atoms with van der Waals surface area (Å²) in [6, 6.07) is 9.16. The third kappa shape index (κ3) is 16.1.